The Morgan fingerprint density at radius 1 is 1.32 bits per heavy atom. The molecule has 19 heavy (non-hydrogen) atoms. The van der Waals surface area contributed by atoms with Crippen LogP contribution in [0, 0.1) is 5.92 Å². The van der Waals surface area contributed by atoms with Crippen LogP contribution in [0.1, 0.15) is 47.5 Å². The molecule has 1 rings (SSSR count). The summed E-state index contributed by atoms with van der Waals surface area (Å²) >= 11 is 0. The minimum atomic E-state index is -0.473. The number of ether oxygens (including phenoxy) is 1. The maximum atomic E-state index is 11.8. The first-order valence-electron chi connectivity index (χ1n) is 6.79. The summed E-state index contributed by atoms with van der Waals surface area (Å²) in [6, 6.07) is 0. The Balaban J connectivity index is 0.00000154. The first kappa shape index (κ1) is 17.5. The number of nitrogens with zero attached hydrogens (tertiary/aromatic N) is 2. The van der Waals surface area contributed by atoms with Crippen LogP contribution in [0.2, 0.25) is 0 Å². The minimum absolute atomic E-state index is 0.0543. The first-order chi connectivity index (χ1) is 8.83. The molecule has 1 fully saturated rings. The lowest BCUT2D eigenvalue weighted by Crippen LogP contribution is -2.44. The zero-order chi connectivity index (χ0) is 15.1. The number of rotatable bonds is 1. The Kier molecular flexibility index (Phi) is 7.26. The summed E-state index contributed by atoms with van der Waals surface area (Å²) in [5.74, 6) is 0.299. The predicted molar refractivity (Wildman–Crippen MR) is 75.3 cm³/mol. The van der Waals surface area contributed by atoms with Crippen molar-refractivity contribution in [3.05, 3.63) is 0 Å². The monoisotopic (exact) mass is 273 g/mol. The molecule has 1 amide bonds. The van der Waals surface area contributed by atoms with Gasteiger partial charge in [0.2, 0.25) is 0 Å². The summed E-state index contributed by atoms with van der Waals surface area (Å²) in [5.41, 5.74) is 5.06. The van der Waals surface area contributed by atoms with Crippen LogP contribution in [0.3, 0.4) is 0 Å². The van der Waals surface area contributed by atoms with Gasteiger partial charge in [0.05, 0.1) is 0 Å². The number of hydrogen-bond acceptors (Lipinski definition) is 4. The van der Waals surface area contributed by atoms with Crippen LogP contribution in [-0.4, -0.2) is 40.7 Å². The third-order valence-corrected chi connectivity index (χ3v) is 2.68. The quantitative estimate of drug-likeness (QED) is 0.332. The van der Waals surface area contributed by atoms with Crippen molar-refractivity contribution in [1.29, 1.82) is 0 Å². The molecule has 0 saturated carbocycles. The largest absolute Gasteiger partial charge is 0.444 e. The predicted octanol–water partition coefficient (Wildman–Crippen LogP) is 2.41. The molecule has 0 radical (unpaired) electrons. The van der Waals surface area contributed by atoms with E-state index in [0.717, 1.165) is 0 Å². The standard InChI is InChI=1S/C11H21N3O3.C2H6/c1-11(2,3)17-10(15)14-6-4-8(5-7-14)9(12)13-16;1-2/h8,16H,4-7H2,1-3H3,(H2,12,13);1-2H3. The topological polar surface area (TPSA) is 88.2 Å². The molecule has 112 valence electrons. The van der Waals surface area contributed by atoms with Gasteiger partial charge in [-0.3, -0.25) is 0 Å². The third kappa shape index (κ3) is 6.31. The smallest absolute Gasteiger partial charge is 0.410 e. The second-order valence-corrected chi connectivity index (χ2v) is 5.27. The van der Waals surface area contributed by atoms with E-state index in [4.69, 9.17) is 15.7 Å². The van der Waals surface area contributed by atoms with E-state index < -0.39 is 5.60 Å². The van der Waals surface area contributed by atoms with Gasteiger partial charge in [0.1, 0.15) is 11.4 Å². The summed E-state index contributed by atoms with van der Waals surface area (Å²) in [4.78, 5) is 13.4. The molecule has 0 aromatic carbocycles. The highest BCUT2D eigenvalue weighted by molar-refractivity contribution is 5.82. The van der Waals surface area contributed by atoms with E-state index in [2.05, 4.69) is 5.16 Å². The molecule has 0 spiro atoms. The van der Waals surface area contributed by atoms with Crippen LogP contribution in [0.15, 0.2) is 5.16 Å². The number of carbonyl (C=O) groups excluding carboxylic acids is 1. The van der Waals surface area contributed by atoms with E-state index in [-0.39, 0.29) is 17.8 Å². The number of piperidine rings is 1. The van der Waals surface area contributed by atoms with Gasteiger partial charge in [-0.25, -0.2) is 4.79 Å². The number of amides is 1. The number of amidine groups is 1. The van der Waals surface area contributed by atoms with Crippen molar-refractivity contribution in [2.45, 2.75) is 53.1 Å². The van der Waals surface area contributed by atoms with Gasteiger partial charge in [0.25, 0.3) is 0 Å². The Labute approximate surface area is 115 Å². The molecule has 0 aromatic heterocycles. The average molecular weight is 273 g/mol. The number of hydrogen-bond donors (Lipinski definition) is 2. The highest BCUT2D eigenvalue weighted by atomic mass is 16.6. The van der Waals surface area contributed by atoms with Crippen molar-refractivity contribution >= 4 is 11.9 Å². The first-order valence-corrected chi connectivity index (χ1v) is 6.79. The maximum Gasteiger partial charge on any atom is 0.410 e. The fourth-order valence-corrected chi connectivity index (χ4v) is 1.77. The van der Waals surface area contributed by atoms with E-state index in [0.29, 0.717) is 25.9 Å². The van der Waals surface area contributed by atoms with Crippen molar-refractivity contribution in [2.75, 3.05) is 13.1 Å². The van der Waals surface area contributed by atoms with Gasteiger partial charge in [0, 0.05) is 19.0 Å². The van der Waals surface area contributed by atoms with Gasteiger partial charge in [-0.15, -0.1) is 0 Å². The number of carbonyl (C=O) groups is 1. The molecule has 1 heterocycles. The minimum Gasteiger partial charge on any atom is -0.444 e. The zero-order valence-electron chi connectivity index (χ0n) is 12.6. The molecule has 6 heteroatoms. The van der Waals surface area contributed by atoms with Gasteiger partial charge in [-0.1, -0.05) is 19.0 Å². The molecule has 0 unspecified atom stereocenters. The lowest BCUT2D eigenvalue weighted by Gasteiger charge is -2.32. The summed E-state index contributed by atoms with van der Waals surface area (Å²) < 4.78 is 5.28. The zero-order valence-corrected chi connectivity index (χ0v) is 12.6. The second kappa shape index (κ2) is 7.86. The van der Waals surface area contributed by atoms with Crippen LogP contribution in [0.4, 0.5) is 4.79 Å². The van der Waals surface area contributed by atoms with Crippen molar-refractivity contribution in [3.8, 4) is 0 Å². The average Bonchev–Trinajstić information content (AvgIpc) is 2.38. The molecule has 6 nitrogen and oxygen atoms in total. The molecule has 0 bridgehead atoms. The Morgan fingerprint density at radius 3 is 2.16 bits per heavy atom. The van der Waals surface area contributed by atoms with Crippen molar-refractivity contribution < 1.29 is 14.7 Å². The Bertz CT molecular complexity index is 303. The van der Waals surface area contributed by atoms with E-state index in [1.807, 2.05) is 34.6 Å². The summed E-state index contributed by atoms with van der Waals surface area (Å²) in [7, 11) is 0. The molecule has 1 aliphatic heterocycles. The molecule has 1 aliphatic rings. The molecule has 0 aromatic rings. The van der Waals surface area contributed by atoms with Crippen LogP contribution in [-0.2, 0) is 4.74 Å². The van der Waals surface area contributed by atoms with Gasteiger partial charge in [-0.05, 0) is 33.6 Å². The van der Waals surface area contributed by atoms with Crippen molar-refractivity contribution in [3.63, 3.8) is 0 Å². The maximum absolute atomic E-state index is 11.8. The molecule has 0 atom stereocenters. The fraction of sp³-hybridized carbons (Fsp3) is 0.846. The van der Waals surface area contributed by atoms with Crippen LogP contribution < -0.4 is 5.73 Å². The van der Waals surface area contributed by atoms with Crippen LogP contribution in [0.5, 0.6) is 0 Å². The van der Waals surface area contributed by atoms with Crippen LogP contribution >= 0.6 is 0 Å². The van der Waals surface area contributed by atoms with Crippen molar-refractivity contribution in [2.24, 2.45) is 16.8 Å². The van der Waals surface area contributed by atoms with Gasteiger partial charge in [-0.2, -0.15) is 0 Å². The third-order valence-electron chi connectivity index (χ3n) is 2.68. The van der Waals surface area contributed by atoms with E-state index in [1.54, 1.807) is 4.90 Å². The molecule has 0 aliphatic carbocycles. The van der Waals surface area contributed by atoms with Gasteiger partial charge >= 0.3 is 6.09 Å². The molecular weight excluding hydrogens is 246 g/mol. The Hall–Kier alpha value is -1.46. The molecule has 3 N–H and O–H groups in total. The SMILES string of the molecule is CC.CC(C)(C)OC(=O)N1CCC(/C(N)=N/O)CC1. The number of oxime groups is 1. The van der Waals surface area contributed by atoms with E-state index in [1.165, 1.54) is 0 Å². The second-order valence-electron chi connectivity index (χ2n) is 5.27. The summed E-state index contributed by atoms with van der Waals surface area (Å²) in [5, 5.41) is 11.6. The lowest BCUT2D eigenvalue weighted by molar-refractivity contribution is 0.0201. The summed E-state index contributed by atoms with van der Waals surface area (Å²) in [6.07, 6.45) is 1.11. The number of nitrogens with two attached hydrogens (primary N) is 1. The van der Waals surface area contributed by atoms with Gasteiger partial charge < -0.3 is 20.6 Å². The van der Waals surface area contributed by atoms with E-state index >= 15 is 0 Å². The van der Waals surface area contributed by atoms with Crippen LogP contribution in [0.25, 0.3) is 0 Å². The highest BCUT2D eigenvalue weighted by Crippen LogP contribution is 2.19. The Morgan fingerprint density at radius 2 is 1.79 bits per heavy atom. The molecular formula is C13H27N3O3. The number of likely N-dealkylation sites (tertiary alicyclic amines) is 1. The summed E-state index contributed by atoms with van der Waals surface area (Å²) in [6.45, 7) is 10.7. The highest BCUT2D eigenvalue weighted by Gasteiger charge is 2.28. The molecule has 1 saturated heterocycles. The van der Waals surface area contributed by atoms with E-state index in [9.17, 15) is 4.79 Å². The van der Waals surface area contributed by atoms with Gasteiger partial charge in [0.15, 0.2) is 0 Å². The normalized spacial score (nSPS) is 17.5. The fourth-order valence-electron chi connectivity index (χ4n) is 1.77. The lowest BCUT2D eigenvalue weighted by atomic mass is 9.96. The van der Waals surface area contributed by atoms with Crippen molar-refractivity contribution in [1.82, 2.24) is 4.90 Å².